The zero-order valence-corrected chi connectivity index (χ0v) is 16.7. The summed E-state index contributed by atoms with van der Waals surface area (Å²) in [5.74, 6) is 0.924. The Morgan fingerprint density at radius 3 is 2.50 bits per heavy atom. The SMILES string of the molecule is CC(C)CN([C@@H]1CCS(=O)(=O)C1)S(=O)(=O)c1ccc2c(c1)OCCCO2. The van der Waals surface area contributed by atoms with E-state index in [0.717, 1.165) is 6.42 Å². The quantitative estimate of drug-likeness (QED) is 0.743. The van der Waals surface area contributed by atoms with Crippen LogP contribution in [0.2, 0.25) is 0 Å². The summed E-state index contributed by atoms with van der Waals surface area (Å²) in [5.41, 5.74) is 0. The Morgan fingerprint density at radius 1 is 1.19 bits per heavy atom. The molecule has 2 aliphatic heterocycles. The molecule has 0 saturated carbocycles. The van der Waals surface area contributed by atoms with Crippen LogP contribution in [-0.2, 0) is 19.9 Å². The highest BCUT2D eigenvalue weighted by molar-refractivity contribution is 7.92. The summed E-state index contributed by atoms with van der Waals surface area (Å²) in [4.78, 5) is 0.103. The van der Waals surface area contributed by atoms with Crippen LogP contribution in [0.4, 0.5) is 0 Å². The molecule has 0 unspecified atom stereocenters. The number of sulfone groups is 1. The van der Waals surface area contributed by atoms with Crippen LogP contribution in [0.1, 0.15) is 26.7 Å². The number of sulfonamides is 1. The molecule has 0 spiro atoms. The van der Waals surface area contributed by atoms with Crippen LogP contribution >= 0.6 is 0 Å². The molecule has 1 atom stereocenters. The van der Waals surface area contributed by atoms with Gasteiger partial charge in [0.25, 0.3) is 0 Å². The minimum atomic E-state index is -3.84. The molecular formula is C17H25NO6S2. The lowest BCUT2D eigenvalue weighted by Gasteiger charge is -2.29. The van der Waals surface area contributed by atoms with Crippen LogP contribution in [0.15, 0.2) is 23.1 Å². The van der Waals surface area contributed by atoms with Crippen molar-refractivity contribution < 1.29 is 26.3 Å². The fraction of sp³-hybridized carbons (Fsp3) is 0.647. The third-order valence-electron chi connectivity index (χ3n) is 4.49. The molecule has 0 aliphatic carbocycles. The molecule has 0 N–H and O–H groups in total. The van der Waals surface area contributed by atoms with Gasteiger partial charge < -0.3 is 9.47 Å². The zero-order valence-electron chi connectivity index (χ0n) is 15.0. The number of benzene rings is 1. The maximum Gasteiger partial charge on any atom is 0.243 e. The van der Waals surface area contributed by atoms with Crippen molar-refractivity contribution in [2.75, 3.05) is 31.3 Å². The standard InChI is InChI=1S/C17H25NO6S2/c1-13(2)11-18(14-6-9-25(19,20)12-14)26(21,22)15-4-5-16-17(10-15)24-8-3-7-23-16/h4-5,10,13-14H,3,6-9,11-12H2,1-2H3/t14-/m1/s1. The summed E-state index contributed by atoms with van der Waals surface area (Å²) in [6.45, 7) is 5.10. The Morgan fingerprint density at radius 2 is 1.88 bits per heavy atom. The number of nitrogens with zero attached hydrogens (tertiary/aromatic N) is 1. The van der Waals surface area contributed by atoms with E-state index in [0.29, 0.717) is 31.1 Å². The number of ether oxygens (including phenoxy) is 2. The Hall–Kier alpha value is -1.32. The summed E-state index contributed by atoms with van der Waals surface area (Å²) in [6.07, 6.45) is 1.06. The molecule has 7 nitrogen and oxygen atoms in total. The van der Waals surface area contributed by atoms with Crippen molar-refractivity contribution in [1.29, 1.82) is 0 Å². The van der Waals surface area contributed by atoms with Crippen LogP contribution in [0.25, 0.3) is 0 Å². The van der Waals surface area contributed by atoms with E-state index in [2.05, 4.69) is 0 Å². The molecule has 9 heteroatoms. The molecule has 0 radical (unpaired) electrons. The lowest BCUT2D eigenvalue weighted by molar-refractivity contribution is 0.296. The second-order valence-corrected chi connectivity index (χ2v) is 11.3. The Balaban J connectivity index is 1.96. The molecule has 1 aromatic carbocycles. The van der Waals surface area contributed by atoms with E-state index in [1.807, 2.05) is 13.8 Å². The van der Waals surface area contributed by atoms with E-state index in [-0.39, 0.29) is 28.9 Å². The molecule has 1 fully saturated rings. The lowest BCUT2D eigenvalue weighted by Crippen LogP contribution is -2.43. The van der Waals surface area contributed by atoms with Crippen molar-refractivity contribution in [3.63, 3.8) is 0 Å². The van der Waals surface area contributed by atoms with E-state index < -0.39 is 25.9 Å². The summed E-state index contributed by atoms with van der Waals surface area (Å²) < 4.78 is 62.8. The minimum absolute atomic E-state index is 0.0307. The van der Waals surface area contributed by atoms with Crippen LogP contribution in [0, 0.1) is 5.92 Å². The van der Waals surface area contributed by atoms with E-state index in [1.54, 1.807) is 6.07 Å². The largest absolute Gasteiger partial charge is 0.490 e. The van der Waals surface area contributed by atoms with Gasteiger partial charge in [0.05, 0.1) is 29.6 Å². The second kappa shape index (κ2) is 7.36. The number of hydrogen-bond acceptors (Lipinski definition) is 6. The van der Waals surface area contributed by atoms with Crippen LogP contribution < -0.4 is 9.47 Å². The molecule has 1 saturated heterocycles. The summed E-state index contributed by atoms with van der Waals surface area (Å²) in [6, 6.07) is 4.06. The topological polar surface area (TPSA) is 90.0 Å². The van der Waals surface area contributed by atoms with Gasteiger partial charge in [-0.1, -0.05) is 13.8 Å². The average molecular weight is 404 g/mol. The van der Waals surface area contributed by atoms with Gasteiger partial charge in [0, 0.05) is 25.1 Å². The monoisotopic (exact) mass is 403 g/mol. The van der Waals surface area contributed by atoms with Gasteiger partial charge in [-0.25, -0.2) is 16.8 Å². The molecule has 3 rings (SSSR count). The van der Waals surface area contributed by atoms with Crippen molar-refractivity contribution in [1.82, 2.24) is 4.31 Å². The molecule has 2 aliphatic rings. The van der Waals surface area contributed by atoms with E-state index in [1.165, 1.54) is 16.4 Å². The van der Waals surface area contributed by atoms with Gasteiger partial charge in [0.15, 0.2) is 21.3 Å². The lowest BCUT2D eigenvalue weighted by atomic mass is 10.2. The maximum atomic E-state index is 13.3. The van der Waals surface area contributed by atoms with Crippen molar-refractivity contribution >= 4 is 19.9 Å². The van der Waals surface area contributed by atoms with Crippen LogP contribution in [0.5, 0.6) is 11.5 Å². The van der Waals surface area contributed by atoms with Gasteiger partial charge in [-0.3, -0.25) is 0 Å². The normalized spacial score (nSPS) is 22.5. The smallest absolute Gasteiger partial charge is 0.243 e. The van der Waals surface area contributed by atoms with E-state index >= 15 is 0 Å². The first-order valence-corrected chi connectivity index (χ1v) is 12.1. The van der Waals surface area contributed by atoms with Crippen LogP contribution in [-0.4, -0.2) is 58.4 Å². The third-order valence-corrected chi connectivity index (χ3v) is 8.15. The first kappa shape index (κ1) is 19.4. The first-order chi connectivity index (χ1) is 12.2. The predicted molar refractivity (Wildman–Crippen MR) is 97.8 cm³/mol. The molecule has 26 heavy (non-hydrogen) atoms. The highest BCUT2D eigenvalue weighted by Crippen LogP contribution is 2.34. The predicted octanol–water partition coefficient (Wildman–Crippen LogP) is 1.68. The first-order valence-electron chi connectivity index (χ1n) is 8.81. The van der Waals surface area contributed by atoms with E-state index in [9.17, 15) is 16.8 Å². The maximum absolute atomic E-state index is 13.3. The Kier molecular flexibility index (Phi) is 5.50. The summed E-state index contributed by atoms with van der Waals surface area (Å²) in [7, 11) is -7.03. The van der Waals surface area contributed by atoms with E-state index in [4.69, 9.17) is 9.47 Å². The van der Waals surface area contributed by atoms with Gasteiger partial charge >= 0.3 is 0 Å². The fourth-order valence-corrected chi connectivity index (χ4v) is 6.90. The van der Waals surface area contributed by atoms with Crippen molar-refractivity contribution in [2.24, 2.45) is 5.92 Å². The molecule has 0 aromatic heterocycles. The van der Waals surface area contributed by atoms with Crippen molar-refractivity contribution in [3.05, 3.63) is 18.2 Å². The highest BCUT2D eigenvalue weighted by atomic mass is 32.2. The van der Waals surface area contributed by atoms with Gasteiger partial charge in [0.1, 0.15) is 0 Å². The molecule has 1 aromatic rings. The molecule has 146 valence electrons. The summed E-state index contributed by atoms with van der Waals surface area (Å²) >= 11 is 0. The zero-order chi connectivity index (χ0) is 18.9. The van der Waals surface area contributed by atoms with Crippen LogP contribution in [0.3, 0.4) is 0 Å². The third kappa shape index (κ3) is 4.15. The Labute approximate surface area is 155 Å². The van der Waals surface area contributed by atoms with Gasteiger partial charge in [-0.15, -0.1) is 0 Å². The van der Waals surface area contributed by atoms with Crippen molar-refractivity contribution in [3.8, 4) is 11.5 Å². The summed E-state index contributed by atoms with van der Waals surface area (Å²) in [5, 5.41) is 0. The van der Waals surface area contributed by atoms with Gasteiger partial charge in [-0.05, 0) is 24.5 Å². The molecule has 0 bridgehead atoms. The average Bonchev–Trinajstić information content (AvgIpc) is 2.78. The Bertz CT molecular complexity index is 863. The van der Waals surface area contributed by atoms with Crippen molar-refractivity contribution in [2.45, 2.75) is 37.6 Å². The number of hydrogen-bond donors (Lipinski definition) is 0. The fourth-order valence-electron chi connectivity index (χ4n) is 3.25. The van der Waals surface area contributed by atoms with Gasteiger partial charge in [0.2, 0.25) is 10.0 Å². The number of fused-ring (bicyclic) bond motifs is 1. The molecule has 0 amide bonds. The highest BCUT2D eigenvalue weighted by Gasteiger charge is 2.39. The number of rotatable bonds is 5. The molecule has 2 heterocycles. The second-order valence-electron chi connectivity index (χ2n) is 7.18. The van der Waals surface area contributed by atoms with Gasteiger partial charge in [-0.2, -0.15) is 4.31 Å². The minimum Gasteiger partial charge on any atom is -0.490 e. The molecular weight excluding hydrogens is 378 g/mol.